The van der Waals surface area contributed by atoms with Gasteiger partial charge in [0.05, 0.1) is 4.90 Å². The molecule has 2 rings (SSSR count). The normalized spacial score (nSPS) is 17.3. The Morgan fingerprint density at radius 3 is 2.76 bits per heavy atom. The van der Waals surface area contributed by atoms with Gasteiger partial charge in [-0.1, -0.05) is 19.1 Å². The first-order chi connectivity index (χ1) is 11.4. The van der Waals surface area contributed by atoms with Crippen molar-refractivity contribution < 1.29 is 13.2 Å². The van der Waals surface area contributed by atoms with E-state index in [1.54, 1.807) is 24.3 Å². The highest BCUT2D eigenvalue weighted by atomic mass is 35.5. The quantitative estimate of drug-likeness (QED) is 0.579. The molecular formula is C16H25ClN4O3S. The second-order valence-corrected chi connectivity index (χ2v) is 7.35. The van der Waals surface area contributed by atoms with Crippen molar-refractivity contribution in [1.82, 2.24) is 15.4 Å². The van der Waals surface area contributed by atoms with Gasteiger partial charge < -0.3 is 10.6 Å². The minimum Gasteiger partial charge on any atom is -0.355 e. The van der Waals surface area contributed by atoms with Gasteiger partial charge in [-0.2, -0.15) is 0 Å². The minimum atomic E-state index is -3.50. The first-order valence-corrected chi connectivity index (χ1v) is 9.59. The Balaban J connectivity index is 0.00000312. The summed E-state index contributed by atoms with van der Waals surface area (Å²) in [5, 5.41) is 6.08. The number of likely N-dealkylation sites (N-methyl/N-ethyl adjacent to an activating group) is 1. The molecule has 0 bridgehead atoms. The molecule has 140 valence electrons. The van der Waals surface area contributed by atoms with E-state index in [1.165, 1.54) is 0 Å². The van der Waals surface area contributed by atoms with E-state index in [0.29, 0.717) is 37.3 Å². The lowest BCUT2D eigenvalue weighted by molar-refractivity contribution is -0.121. The summed E-state index contributed by atoms with van der Waals surface area (Å²) in [5.41, 5.74) is 0.585. The molecule has 0 radical (unpaired) electrons. The van der Waals surface area contributed by atoms with Gasteiger partial charge in [0.25, 0.3) is 10.0 Å². The van der Waals surface area contributed by atoms with Gasteiger partial charge in [0.15, 0.2) is 0 Å². The number of nitrogens with one attached hydrogen (secondary N) is 3. The van der Waals surface area contributed by atoms with Crippen molar-refractivity contribution in [3.05, 3.63) is 29.8 Å². The van der Waals surface area contributed by atoms with Crippen LogP contribution in [-0.4, -0.2) is 45.8 Å². The number of halogens is 1. The Bertz CT molecular complexity index is 722. The van der Waals surface area contributed by atoms with E-state index in [1.807, 2.05) is 13.8 Å². The van der Waals surface area contributed by atoms with Gasteiger partial charge in [0.2, 0.25) is 5.91 Å². The number of benzene rings is 1. The third-order valence-electron chi connectivity index (χ3n) is 3.65. The van der Waals surface area contributed by atoms with Crippen molar-refractivity contribution in [2.45, 2.75) is 37.6 Å². The first-order valence-electron chi connectivity index (χ1n) is 8.10. The predicted molar refractivity (Wildman–Crippen MR) is 101 cm³/mol. The van der Waals surface area contributed by atoms with Gasteiger partial charge >= 0.3 is 0 Å². The lowest BCUT2D eigenvalue weighted by atomic mass is 10.2. The molecule has 0 aromatic heterocycles. The van der Waals surface area contributed by atoms with Crippen LogP contribution in [0.1, 0.15) is 32.3 Å². The molecule has 0 aliphatic carbocycles. The van der Waals surface area contributed by atoms with Crippen molar-refractivity contribution in [3.63, 3.8) is 0 Å². The molecule has 25 heavy (non-hydrogen) atoms. The van der Waals surface area contributed by atoms with Gasteiger partial charge in [0.1, 0.15) is 5.84 Å². The first kappa shape index (κ1) is 21.4. The molecule has 1 aliphatic rings. The molecule has 3 N–H and O–H groups in total. The summed E-state index contributed by atoms with van der Waals surface area (Å²) in [6.07, 6.45) is 0.929. The average molecular weight is 389 g/mol. The number of carbonyl (C=O) groups is 1. The van der Waals surface area contributed by atoms with E-state index in [0.717, 1.165) is 6.54 Å². The minimum absolute atomic E-state index is 0. The maximum Gasteiger partial charge on any atom is 0.263 e. The predicted octanol–water partition coefficient (Wildman–Crippen LogP) is 1.04. The van der Waals surface area contributed by atoms with Crippen LogP contribution in [-0.2, 0) is 14.8 Å². The summed E-state index contributed by atoms with van der Waals surface area (Å²) in [6, 6.07) is 6.97. The third kappa shape index (κ3) is 5.98. The summed E-state index contributed by atoms with van der Waals surface area (Å²) in [6.45, 7) is 5.88. The zero-order chi connectivity index (χ0) is 17.6. The molecule has 1 aromatic rings. The molecule has 1 aliphatic heterocycles. The summed E-state index contributed by atoms with van der Waals surface area (Å²) in [7, 11) is -3.50. The number of carbonyl (C=O) groups excluding carboxylic acids is 1. The summed E-state index contributed by atoms with van der Waals surface area (Å²) < 4.78 is 26.3. The van der Waals surface area contributed by atoms with Crippen molar-refractivity contribution in [2.24, 2.45) is 4.99 Å². The fourth-order valence-corrected chi connectivity index (χ4v) is 3.71. The number of hydrogen-bond acceptors (Lipinski definition) is 5. The molecule has 1 amide bonds. The molecule has 0 saturated carbocycles. The van der Waals surface area contributed by atoms with Gasteiger partial charge in [-0.05, 0) is 32.0 Å². The maximum atomic E-state index is 11.9. The van der Waals surface area contributed by atoms with Gasteiger partial charge in [0, 0.05) is 31.1 Å². The van der Waals surface area contributed by atoms with Crippen LogP contribution >= 0.6 is 12.4 Å². The highest BCUT2D eigenvalue weighted by molar-refractivity contribution is 7.90. The number of sulfonamides is 1. The van der Waals surface area contributed by atoms with Crippen molar-refractivity contribution >= 4 is 34.2 Å². The number of aliphatic imine (C=N–C) groups is 1. The van der Waals surface area contributed by atoms with Crippen LogP contribution in [0.2, 0.25) is 0 Å². The van der Waals surface area contributed by atoms with E-state index in [9.17, 15) is 13.2 Å². The third-order valence-corrected chi connectivity index (χ3v) is 5.05. The summed E-state index contributed by atoms with van der Waals surface area (Å²) >= 11 is 0. The molecule has 0 saturated heterocycles. The average Bonchev–Trinajstić information content (AvgIpc) is 2.81. The number of hydrogen-bond donors (Lipinski definition) is 3. The molecule has 1 atom stereocenters. The number of fused-ring (bicyclic) bond motifs is 1. The molecule has 9 heteroatoms. The molecule has 1 aromatic carbocycles. The van der Waals surface area contributed by atoms with Crippen LogP contribution in [0.25, 0.3) is 0 Å². The highest BCUT2D eigenvalue weighted by Gasteiger charge is 2.29. The Labute approximate surface area is 155 Å². The number of rotatable bonds is 8. The standard InChI is InChI=1S/C16H24N4O3S.ClH/c1-3-17-12(2)11-19-15(21)9-6-10-18-16-13-7-4-5-8-14(13)24(22,23)20-16;/h4-5,7-8,12,17H,3,6,9-11H2,1-2H3,(H,18,20)(H,19,21);1H/t12-;/m1./s1. The Morgan fingerprint density at radius 1 is 1.32 bits per heavy atom. The van der Waals surface area contributed by atoms with E-state index < -0.39 is 10.0 Å². The number of amides is 1. The zero-order valence-corrected chi connectivity index (χ0v) is 16.0. The van der Waals surface area contributed by atoms with E-state index in [2.05, 4.69) is 20.3 Å². The van der Waals surface area contributed by atoms with Crippen LogP contribution in [0.5, 0.6) is 0 Å². The molecule has 1 heterocycles. The van der Waals surface area contributed by atoms with Crippen LogP contribution < -0.4 is 15.4 Å². The van der Waals surface area contributed by atoms with E-state index in [4.69, 9.17) is 0 Å². The molecule has 7 nitrogen and oxygen atoms in total. The van der Waals surface area contributed by atoms with Gasteiger partial charge in [-0.25, -0.2) is 8.42 Å². The van der Waals surface area contributed by atoms with Crippen LogP contribution in [0, 0.1) is 0 Å². The lowest BCUT2D eigenvalue weighted by Gasteiger charge is -2.12. The van der Waals surface area contributed by atoms with Crippen molar-refractivity contribution in [2.75, 3.05) is 19.6 Å². The zero-order valence-electron chi connectivity index (χ0n) is 14.4. The lowest BCUT2D eigenvalue weighted by Crippen LogP contribution is -2.38. The topological polar surface area (TPSA) is 99.7 Å². The maximum absolute atomic E-state index is 11.9. The number of nitrogens with zero attached hydrogens (tertiary/aromatic N) is 1. The van der Waals surface area contributed by atoms with Gasteiger partial charge in [-0.15, -0.1) is 12.4 Å². The second kappa shape index (κ2) is 9.74. The van der Waals surface area contributed by atoms with E-state index >= 15 is 0 Å². The Hall–Kier alpha value is -1.64. The highest BCUT2D eigenvalue weighted by Crippen LogP contribution is 2.22. The SMILES string of the molecule is CCN[C@H](C)CNC(=O)CCCN=C1NS(=O)(=O)c2ccccc21.Cl. The fourth-order valence-electron chi connectivity index (χ4n) is 2.46. The molecule has 0 unspecified atom stereocenters. The molecular weight excluding hydrogens is 364 g/mol. The fraction of sp³-hybridized carbons (Fsp3) is 0.500. The Kier molecular flexibility index (Phi) is 8.34. The molecule has 0 fully saturated rings. The summed E-state index contributed by atoms with van der Waals surface area (Å²) in [4.78, 5) is 16.3. The molecule has 0 spiro atoms. The summed E-state index contributed by atoms with van der Waals surface area (Å²) in [5.74, 6) is 0.333. The van der Waals surface area contributed by atoms with Crippen molar-refractivity contribution in [3.8, 4) is 0 Å². The van der Waals surface area contributed by atoms with Crippen LogP contribution in [0.3, 0.4) is 0 Å². The largest absolute Gasteiger partial charge is 0.355 e. The smallest absolute Gasteiger partial charge is 0.263 e. The van der Waals surface area contributed by atoms with Gasteiger partial charge in [-0.3, -0.25) is 14.5 Å². The van der Waals surface area contributed by atoms with Crippen molar-refractivity contribution in [1.29, 1.82) is 0 Å². The number of amidine groups is 1. The van der Waals surface area contributed by atoms with Crippen LogP contribution in [0.4, 0.5) is 0 Å². The van der Waals surface area contributed by atoms with Crippen LogP contribution in [0.15, 0.2) is 34.2 Å². The second-order valence-electron chi connectivity index (χ2n) is 5.70. The monoisotopic (exact) mass is 388 g/mol. The van der Waals surface area contributed by atoms with E-state index in [-0.39, 0.29) is 29.3 Å². The Morgan fingerprint density at radius 2 is 2.04 bits per heavy atom.